The van der Waals surface area contributed by atoms with Crippen LogP contribution in [0.3, 0.4) is 0 Å². The lowest BCUT2D eigenvalue weighted by Crippen LogP contribution is -2.47. The summed E-state index contributed by atoms with van der Waals surface area (Å²) in [6.07, 6.45) is 1.73. The minimum absolute atomic E-state index is 0. The van der Waals surface area contributed by atoms with Gasteiger partial charge in [-0.15, -0.1) is 12.4 Å². The van der Waals surface area contributed by atoms with Crippen LogP contribution in [-0.4, -0.2) is 47.7 Å². The number of rotatable bonds is 7. The molecule has 0 aromatic heterocycles. The van der Waals surface area contributed by atoms with E-state index in [4.69, 9.17) is 4.74 Å². The Bertz CT molecular complexity index is 653. The fourth-order valence-corrected chi connectivity index (χ4v) is 4.04. The number of amides is 1. The van der Waals surface area contributed by atoms with Gasteiger partial charge in [0.15, 0.2) is 0 Å². The maximum absolute atomic E-state index is 12.5. The molecular formula is C16H26ClN3O4S. The maximum Gasteiger partial charge on any atom is 0.240 e. The van der Waals surface area contributed by atoms with Gasteiger partial charge in [-0.05, 0) is 50.2 Å². The van der Waals surface area contributed by atoms with Crippen LogP contribution in [0.1, 0.15) is 19.8 Å². The second-order valence-corrected chi connectivity index (χ2v) is 7.98. The van der Waals surface area contributed by atoms with Crippen LogP contribution in [0, 0.1) is 5.41 Å². The average Bonchev–Trinajstić information content (AvgIpc) is 2.54. The van der Waals surface area contributed by atoms with Gasteiger partial charge in [0, 0.05) is 31.7 Å². The number of hydrogen-bond acceptors (Lipinski definition) is 5. The zero-order valence-electron chi connectivity index (χ0n) is 14.5. The van der Waals surface area contributed by atoms with E-state index in [-0.39, 0.29) is 28.6 Å². The van der Waals surface area contributed by atoms with Gasteiger partial charge in [-0.2, -0.15) is 0 Å². The number of methoxy groups -OCH3 is 1. The highest BCUT2D eigenvalue weighted by Gasteiger charge is 2.33. The number of benzene rings is 1. The largest absolute Gasteiger partial charge is 0.384 e. The van der Waals surface area contributed by atoms with Gasteiger partial charge in [0.2, 0.25) is 15.9 Å². The van der Waals surface area contributed by atoms with Gasteiger partial charge in [0.25, 0.3) is 0 Å². The summed E-state index contributed by atoms with van der Waals surface area (Å²) in [6, 6.07) is 6.12. The molecular weight excluding hydrogens is 366 g/mol. The van der Waals surface area contributed by atoms with Crippen LogP contribution in [0.5, 0.6) is 0 Å². The second-order valence-electron chi connectivity index (χ2n) is 6.21. The molecule has 1 heterocycles. The van der Waals surface area contributed by atoms with Crippen molar-refractivity contribution >= 4 is 34.0 Å². The molecule has 1 fully saturated rings. The van der Waals surface area contributed by atoms with Crippen molar-refractivity contribution in [3.05, 3.63) is 24.3 Å². The van der Waals surface area contributed by atoms with Crippen LogP contribution in [-0.2, 0) is 19.6 Å². The summed E-state index contributed by atoms with van der Waals surface area (Å²) in [5.74, 6) is -0.198. The monoisotopic (exact) mass is 391 g/mol. The molecule has 3 N–H and O–H groups in total. The van der Waals surface area contributed by atoms with E-state index in [1.54, 1.807) is 19.2 Å². The normalized spacial score (nSPS) is 16.7. The third-order valence-corrected chi connectivity index (χ3v) is 5.65. The van der Waals surface area contributed by atoms with Crippen LogP contribution in [0.2, 0.25) is 0 Å². The van der Waals surface area contributed by atoms with Crippen molar-refractivity contribution in [2.24, 2.45) is 5.41 Å². The van der Waals surface area contributed by atoms with Gasteiger partial charge in [-0.3, -0.25) is 4.79 Å². The molecule has 0 bridgehead atoms. The number of carbonyl (C=O) groups is 1. The summed E-state index contributed by atoms with van der Waals surface area (Å²) >= 11 is 0. The minimum Gasteiger partial charge on any atom is -0.384 e. The predicted molar refractivity (Wildman–Crippen MR) is 99.6 cm³/mol. The lowest BCUT2D eigenvalue weighted by Gasteiger charge is -2.37. The predicted octanol–water partition coefficient (Wildman–Crippen LogP) is 1.36. The zero-order chi connectivity index (χ0) is 17.6. The highest BCUT2D eigenvalue weighted by atomic mass is 35.5. The van der Waals surface area contributed by atoms with E-state index in [2.05, 4.69) is 15.4 Å². The molecule has 1 aliphatic heterocycles. The first-order valence-corrected chi connectivity index (χ1v) is 9.42. The molecule has 0 spiro atoms. The average molecular weight is 392 g/mol. The molecule has 0 atom stereocenters. The summed E-state index contributed by atoms with van der Waals surface area (Å²) in [5, 5.41) is 5.89. The first-order chi connectivity index (χ1) is 11.4. The topological polar surface area (TPSA) is 96.5 Å². The molecule has 1 saturated heterocycles. The number of nitrogens with one attached hydrogen (secondary N) is 3. The number of halogens is 1. The van der Waals surface area contributed by atoms with Crippen molar-refractivity contribution < 1.29 is 17.9 Å². The Hall–Kier alpha value is -1.19. The molecule has 0 unspecified atom stereocenters. The highest BCUT2D eigenvalue weighted by Crippen LogP contribution is 2.29. The maximum atomic E-state index is 12.5. The number of anilines is 1. The molecule has 1 aromatic rings. The van der Waals surface area contributed by atoms with E-state index in [0.29, 0.717) is 18.8 Å². The van der Waals surface area contributed by atoms with Crippen molar-refractivity contribution in [3.63, 3.8) is 0 Å². The third kappa shape index (κ3) is 6.23. The van der Waals surface area contributed by atoms with E-state index < -0.39 is 10.0 Å². The SMILES string of the molecule is COCC1(CNS(=O)(=O)c2ccc(NC(C)=O)cc2)CCNCC1.Cl. The molecule has 25 heavy (non-hydrogen) atoms. The van der Waals surface area contributed by atoms with E-state index >= 15 is 0 Å². The second kappa shape index (κ2) is 9.49. The first-order valence-electron chi connectivity index (χ1n) is 7.94. The van der Waals surface area contributed by atoms with Crippen LogP contribution < -0.4 is 15.4 Å². The zero-order valence-corrected chi connectivity index (χ0v) is 16.1. The number of carbonyl (C=O) groups excluding carboxylic acids is 1. The van der Waals surface area contributed by atoms with Crippen LogP contribution in [0.15, 0.2) is 29.2 Å². The third-order valence-electron chi connectivity index (χ3n) is 4.24. The van der Waals surface area contributed by atoms with Crippen LogP contribution in [0.4, 0.5) is 5.69 Å². The minimum atomic E-state index is -3.60. The molecule has 0 radical (unpaired) electrons. The van der Waals surface area contributed by atoms with Crippen molar-refractivity contribution in [2.45, 2.75) is 24.7 Å². The number of ether oxygens (including phenoxy) is 1. The van der Waals surface area contributed by atoms with Crippen molar-refractivity contribution in [3.8, 4) is 0 Å². The summed E-state index contributed by atoms with van der Waals surface area (Å²) in [6.45, 7) is 3.99. The van der Waals surface area contributed by atoms with Crippen molar-refractivity contribution in [1.82, 2.24) is 10.0 Å². The molecule has 142 valence electrons. The van der Waals surface area contributed by atoms with Crippen molar-refractivity contribution in [1.29, 1.82) is 0 Å². The summed E-state index contributed by atoms with van der Waals surface area (Å²) < 4.78 is 33.0. The van der Waals surface area contributed by atoms with Gasteiger partial charge in [-0.1, -0.05) is 0 Å². The Kier molecular flexibility index (Phi) is 8.30. The number of piperidine rings is 1. The molecule has 1 amide bonds. The Morgan fingerprint density at radius 1 is 1.24 bits per heavy atom. The standard InChI is InChI=1S/C16H25N3O4S.ClH/c1-13(20)19-14-3-5-15(6-4-14)24(21,22)18-11-16(12-23-2)7-9-17-10-8-16;/h3-6,17-18H,7-12H2,1-2H3,(H,19,20);1H. The van der Waals surface area contributed by atoms with Gasteiger partial charge in [0.05, 0.1) is 11.5 Å². The molecule has 1 aromatic carbocycles. The fourth-order valence-electron chi connectivity index (χ4n) is 2.89. The lowest BCUT2D eigenvalue weighted by molar-refractivity contribution is -0.114. The Labute approximate surface area is 155 Å². The Morgan fingerprint density at radius 2 is 1.84 bits per heavy atom. The first kappa shape index (κ1) is 21.9. The number of sulfonamides is 1. The summed E-state index contributed by atoms with van der Waals surface area (Å²) in [4.78, 5) is 11.2. The molecule has 0 saturated carbocycles. The number of hydrogen-bond donors (Lipinski definition) is 3. The smallest absolute Gasteiger partial charge is 0.240 e. The van der Waals surface area contributed by atoms with Gasteiger partial charge >= 0.3 is 0 Å². The lowest BCUT2D eigenvalue weighted by atomic mass is 9.80. The van der Waals surface area contributed by atoms with E-state index in [1.165, 1.54) is 19.1 Å². The molecule has 7 nitrogen and oxygen atoms in total. The van der Waals surface area contributed by atoms with Gasteiger partial charge in [-0.25, -0.2) is 13.1 Å². The fraction of sp³-hybridized carbons (Fsp3) is 0.562. The van der Waals surface area contributed by atoms with Crippen molar-refractivity contribution in [2.75, 3.05) is 38.7 Å². The van der Waals surface area contributed by atoms with Gasteiger partial charge in [0.1, 0.15) is 0 Å². The quantitative estimate of drug-likeness (QED) is 0.652. The highest BCUT2D eigenvalue weighted by molar-refractivity contribution is 7.89. The molecule has 9 heteroatoms. The van der Waals surface area contributed by atoms with Crippen LogP contribution >= 0.6 is 12.4 Å². The van der Waals surface area contributed by atoms with Crippen LogP contribution in [0.25, 0.3) is 0 Å². The van der Waals surface area contributed by atoms with E-state index in [9.17, 15) is 13.2 Å². The Morgan fingerprint density at radius 3 is 2.36 bits per heavy atom. The molecule has 1 aliphatic rings. The molecule has 0 aliphatic carbocycles. The van der Waals surface area contributed by atoms with E-state index in [0.717, 1.165) is 25.9 Å². The summed E-state index contributed by atoms with van der Waals surface area (Å²) in [5.41, 5.74) is 0.388. The molecule has 2 rings (SSSR count). The van der Waals surface area contributed by atoms with Gasteiger partial charge < -0.3 is 15.4 Å². The Balaban J connectivity index is 0.00000312. The summed E-state index contributed by atoms with van der Waals surface area (Å²) in [7, 11) is -1.96. The van der Waals surface area contributed by atoms with E-state index in [1.807, 2.05) is 0 Å².